The first-order valence-electron chi connectivity index (χ1n) is 7.00. The van der Waals surface area contributed by atoms with E-state index in [0.29, 0.717) is 6.42 Å². The third-order valence-corrected chi connectivity index (χ3v) is 3.79. The summed E-state index contributed by atoms with van der Waals surface area (Å²) in [6.45, 7) is 2.22. The van der Waals surface area contributed by atoms with Gasteiger partial charge in [-0.15, -0.1) is 0 Å². The lowest BCUT2D eigenvalue weighted by atomic mass is 10.1. The summed E-state index contributed by atoms with van der Waals surface area (Å²) >= 11 is 0. The first kappa shape index (κ1) is 20.2. The van der Waals surface area contributed by atoms with Crippen molar-refractivity contribution < 1.29 is 13.0 Å². The molecule has 0 aliphatic carbocycles. The average molecular weight is 281 g/mol. The maximum Gasteiger partial charge on any atom is 0.0945 e. The Kier molecular flexibility index (Phi) is 14.9. The molecule has 0 rings (SSSR count). The van der Waals surface area contributed by atoms with Gasteiger partial charge in [-0.1, -0.05) is 71.1 Å². The molecule has 0 aromatic rings. The molecule has 112 valence electrons. The van der Waals surface area contributed by atoms with Gasteiger partial charge in [0.1, 0.15) is 0 Å². The Hall–Kier alpha value is -0.130. The van der Waals surface area contributed by atoms with Crippen LogP contribution in [0.1, 0.15) is 77.6 Å². The van der Waals surface area contributed by atoms with E-state index in [1.54, 1.807) is 0 Å². The van der Waals surface area contributed by atoms with E-state index in [0.717, 1.165) is 12.8 Å². The summed E-state index contributed by atoms with van der Waals surface area (Å²) in [4.78, 5) is 0. The van der Waals surface area contributed by atoms with Gasteiger partial charge in [0.25, 0.3) is 0 Å². The summed E-state index contributed by atoms with van der Waals surface area (Å²) in [5, 5.41) is 0. The van der Waals surface area contributed by atoms with Crippen molar-refractivity contribution in [1.29, 1.82) is 0 Å². The second-order valence-corrected chi connectivity index (χ2v) is 6.32. The van der Waals surface area contributed by atoms with Crippen LogP contribution in [0.15, 0.2) is 0 Å². The van der Waals surface area contributed by atoms with E-state index < -0.39 is 10.1 Å². The first-order valence-corrected chi connectivity index (χ1v) is 8.57. The van der Waals surface area contributed by atoms with Crippen molar-refractivity contribution >= 4 is 10.1 Å². The Morgan fingerprint density at radius 2 is 1.06 bits per heavy atom. The van der Waals surface area contributed by atoms with Crippen molar-refractivity contribution in [1.82, 2.24) is 6.15 Å². The van der Waals surface area contributed by atoms with Crippen molar-refractivity contribution in [2.24, 2.45) is 0 Å². The third-order valence-electron chi connectivity index (χ3n) is 3.00. The van der Waals surface area contributed by atoms with Gasteiger partial charge in [-0.25, -0.2) is 8.42 Å². The monoisotopic (exact) mass is 281 g/mol. The normalized spacial score (nSPS) is 11.2. The van der Waals surface area contributed by atoms with Gasteiger partial charge in [0, 0.05) is 5.75 Å². The largest absolute Gasteiger partial charge is 0.748 e. The molecule has 0 aliphatic heterocycles. The highest BCUT2D eigenvalue weighted by Gasteiger charge is 1.96. The fourth-order valence-corrected chi connectivity index (χ4v) is 2.50. The molecule has 5 heteroatoms. The Morgan fingerprint density at radius 1 is 0.722 bits per heavy atom. The Bertz CT molecular complexity index is 253. The van der Waals surface area contributed by atoms with Crippen LogP contribution in [0, 0.1) is 0 Å². The fourth-order valence-electron chi connectivity index (χ4n) is 1.94. The van der Waals surface area contributed by atoms with Crippen LogP contribution in [0.4, 0.5) is 0 Å². The van der Waals surface area contributed by atoms with Crippen LogP contribution in [0.3, 0.4) is 0 Å². The molecule has 0 aromatic carbocycles. The number of hydrogen-bond acceptors (Lipinski definition) is 3. The zero-order valence-corrected chi connectivity index (χ0v) is 12.9. The minimum absolute atomic E-state index is 0. The van der Waals surface area contributed by atoms with E-state index in [1.807, 2.05) is 0 Å². The van der Waals surface area contributed by atoms with Gasteiger partial charge in [0.05, 0.1) is 10.1 Å². The summed E-state index contributed by atoms with van der Waals surface area (Å²) < 4.78 is 31.0. The molecule has 0 aliphatic rings. The zero-order valence-electron chi connectivity index (χ0n) is 12.1. The molecule has 0 heterocycles. The van der Waals surface area contributed by atoms with Crippen molar-refractivity contribution in [3.63, 3.8) is 0 Å². The van der Waals surface area contributed by atoms with Crippen molar-refractivity contribution in [2.75, 3.05) is 5.75 Å². The minimum atomic E-state index is -3.98. The fraction of sp³-hybridized carbons (Fsp3) is 1.00. The Morgan fingerprint density at radius 3 is 1.39 bits per heavy atom. The lowest BCUT2D eigenvalue weighted by molar-refractivity contribution is 0.459. The molecule has 4 nitrogen and oxygen atoms in total. The third kappa shape index (κ3) is 18.2. The van der Waals surface area contributed by atoms with Crippen LogP contribution in [0.2, 0.25) is 0 Å². The van der Waals surface area contributed by atoms with Crippen LogP contribution in [-0.2, 0) is 10.1 Å². The second-order valence-electron chi connectivity index (χ2n) is 4.80. The number of rotatable bonds is 12. The molecule has 0 saturated heterocycles. The van der Waals surface area contributed by atoms with E-state index in [-0.39, 0.29) is 11.9 Å². The Labute approximate surface area is 113 Å². The maximum absolute atomic E-state index is 10.3. The quantitative estimate of drug-likeness (QED) is 0.428. The van der Waals surface area contributed by atoms with Crippen LogP contribution in [0.5, 0.6) is 0 Å². The molecule has 0 amide bonds. The van der Waals surface area contributed by atoms with Crippen LogP contribution in [-0.4, -0.2) is 18.7 Å². The van der Waals surface area contributed by atoms with Gasteiger partial charge in [-0.05, 0) is 6.42 Å². The summed E-state index contributed by atoms with van der Waals surface area (Å²) in [5.74, 6) is -0.190. The van der Waals surface area contributed by atoms with Crippen molar-refractivity contribution in [2.45, 2.75) is 77.6 Å². The van der Waals surface area contributed by atoms with E-state index in [2.05, 4.69) is 6.92 Å². The van der Waals surface area contributed by atoms with Crippen LogP contribution >= 0.6 is 0 Å². The molecule has 0 unspecified atom stereocenters. The lowest BCUT2D eigenvalue weighted by Gasteiger charge is -2.06. The molecule has 0 spiro atoms. The highest BCUT2D eigenvalue weighted by atomic mass is 32.2. The van der Waals surface area contributed by atoms with Gasteiger partial charge in [-0.2, -0.15) is 0 Å². The predicted molar refractivity (Wildman–Crippen MR) is 77.0 cm³/mol. The van der Waals surface area contributed by atoms with Gasteiger partial charge < -0.3 is 10.7 Å². The van der Waals surface area contributed by atoms with Crippen LogP contribution in [0.25, 0.3) is 0 Å². The van der Waals surface area contributed by atoms with E-state index >= 15 is 0 Å². The molecule has 18 heavy (non-hydrogen) atoms. The van der Waals surface area contributed by atoms with E-state index in [1.165, 1.54) is 51.4 Å². The molecular weight excluding hydrogens is 250 g/mol. The molecule has 0 radical (unpaired) electrons. The highest BCUT2D eigenvalue weighted by Crippen LogP contribution is 2.11. The smallest absolute Gasteiger partial charge is 0.0945 e. The molecule has 0 saturated carbocycles. The molecule has 0 fully saturated rings. The standard InChI is InChI=1S/C13H28O3S.H3N/c1-2-3-4-5-6-7-8-9-10-11-12-13-17(14,15)16;/h2-13H2,1H3,(H,14,15,16);1H3. The minimum Gasteiger partial charge on any atom is -0.748 e. The second kappa shape index (κ2) is 13.3. The number of hydrogen-bond donors (Lipinski definition) is 1. The number of quaternary nitrogens is 1. The summed E-state index contributed by atoms with van der Waals surface area (Å²) in [6, 6.07) is 0. The lowest BCUT2D eigenvalue weighted by Crippen LogP contribution is -2.03. The topological polar surface area (TPSA) is 93.7 Å². The average Bonchev–Trinajstić information content (AvgIpc) is 2.24. The SMILES string of the molecule is CCCCCCCCCCCCCS(=O)(=O)[O-].[NH4+]. The van der Waals surface area contributed by atoms with Gasteiger partial charge in [-0.3, -0.25) is 0 Å². The van der Waals surface area contributed by atoms with Gasteiger partial charge >= 0.3 is 0 Å². The summed E-state index contributed by atoms with van der Waals surface area (Å²) in [6.07, 6.45) is 12.9. The molecule has 0 bridgehead atoms. The zero-order chi connectivity index (χ0) is 13.0. The predicted octanol–water partition coefficient (Wildman–Crippen LogP) is 4.22. The van der Waals surface area contributed by atoms with E-state index in [4.69, 9.17) is 0 Å². The van der Waals surface area contributed by atoms with Crippen molar-refractivity contribution in [3.05, 3.63) is 0 Å². The highest BCUT2D eigenvalue weighted by molar-refractivity contribution is 7.85. The maximum atomic E-state index is 10.3. The summed E-state index contributed by atoms with van der Waals surface area (Å²) in [5.41, 5.74) is 0. The first-order chi connectivity index (χ1) is 8.06. The van der Waals surface area contributed by atoms with Gasteiger partial charge in [0.15, 0.2) is 0 Å². The summed E-state index contributed by atoms with van der Waals surface area (Å²) in [7, 11) is -3.98. The number of unbranched alkanes of at least 4 members (excludes halogenated alkanes) is 10. The van der Waals surface area contributed by atoms with E-state index in [9.17, 15) is 13.0 Å². The van der Waals surface area contributed by atoms with Gasteiger partial charge in [0.2, 0.25) is 0 Å². The molecule has 0 aromatic heterocycles. The molecule has 0 atom stereocenters. The molecule has 4 N–H and O–H groups in total. The Balaban J connectivity index is 0. The molecular formula is C13H31NO3S. The van der Waals surface area contributed by atoms with Crippen LogP contribution < -0.4 is 6.15 Å². The van der Waals surface area contributed by atoms with Crippen molar-refractivity contribution in [3.8, 4) is 0 Å².